The van der Waals surface area contributed by atoms with Gasteiger partial charge < -0.3 is 5.11 Å². The summed E-state index contributed by atoms with van der Waals surface area (Å²) in [5, 5.41) is 8.61. The van der Waals surface area contributed by atoms with Crippen molar-refractivity contribution in [3.8, 4) is 0 Å². The number of hydrogen-bond donors (Lipinski definition) is 1. The molecule has 1 aromatic rings. The molecule has 0 heterocycles. The summed E-state index contributed by atoms with van der Waals surface area (Å²) in [6, 6.07) is 3.87. The summed E-state index contributed by atoms with van der Waals surface area (Å²) in [4.78, 5) is 13.8. The van der Waals surface area contributed by atoms with E-state index < -0.39 is 23.9 Å². The van der Waals surface area contributed by atoms with Gasteiger partial charge in [0.05, 0.1) is 0 Å². The predicted octanol–water partition coefficient (Wildman–Crippen LogP) is 3.27. The van der Waals surface area contributed by atoms with E-state index in [1.54, 1.807) is 0 Å². The van der Waals surface area contributed by atoms with Gasteiger partial charge in [-0.2, -0.15) is 13.2 Å². The van der Waals surface area contributed by atoms with Crippen LogP contribution in [0.25, 0.3) is 0 Å². The molecule has 0 saturated heterocycles. The minimum Gasteiger partial charge on any atom is -0.480 e. The molecule has 0 amide bonds. The van der Waals surface area contributed by atoms with E-state index in [-0.39, 0.29) is 5.56 Å². The Labute approximate surface area is 109 Å². The van der Waals surface area contributed by atoms with Gasteiger partial charge in [-0.3, -0.25) is 4.99 Å². The van der Waals surface area contributed by atoms with E-state index in [1.807, 2.05) is 0 Å². The van der Waals surface area contributed by atoms with Gasteiger partial charge in [0.2, 0.25) is 0 Å². The zero-order valence-corrected chi connectivity index (χ0v) is 10.8. The molecule has 98 valence electrons. The molecule has 0 fully saturated rings. The van der Waals surface area contributed by atoms with Crippen molar-refractivity contribution in [2.75, 3.05) is 0 Å². The van der Waals surface area contributed by atoms with Gasteiger partial charge in [0.1, 0.15) is 11.8 Å². The normalized spacial score (nSPS) is 14.4. The van der Waals surface area contributed by atoms with Crippen LogP contribution in [0.15, 0.2) is 33.7 Å². The average Bonchev–Trinajstić information content (AvgIpc) is 2.25. The molecule has 1 aromatic carbocycles. The first-order valence-corrected chi connectivity index (χ1v) is 5.65. The summed E-state index contributed by atoms with van der Waals surface area (Å²) in [5.41, 5.74) is -1.36. The van der Waals surface area contributed by atoms with Crippen molar-refractivity contribution in [1.82, 2.24) is 0 Å². The molecule has 0 aliphatic heterocycles. The number of carboxylic acid groups (broad SMARTS) is 1. The third kappa shape index (κ3) is 3.83. The molecule has 7 heteroatoms. The molecule has 0 spiro atoms. The summed E-state index contributed by atoms with van der Waals surface area (Å²) in [6.07, 6.45) is -4.70. The maximum atomic E-state index is 12.8. The number of benzene rings is 1. The fourth-order valence-corrected chi connectivity index (χ4v) is 1.43. The molecule has 1 rings (SSSR count). The Hall–Kier alpha value is -1.37. The zero-order valence-electron chi connectivity index (χ0n) is 9.20. The van der Waals surface area contributed by atoms with Gasteiger partial charge in [-0.1, -0.05) is 28.1 Å². The minimum atomic E-state index is -4.70. The van der Waals surface area contributed by atoms with Crippen LogP contribution >= 0.6 is 15.9 Å². The average molecular weight is 324 g/mol. The van der Waals surface area contributed by atoms with E-state index in [9.17, 15) is 18.0 Å². The molecular weight excluding hydrogens is 315 g/mol. The number of carboxylic acids is 1. The molecular formula is C11H9BrF3NO2. The first kappa shape index (κ1) is 14.7. The topological polar surface area (TPSA) is 49.7 Å². The number of rotatable bonds is 3. The number of aliphatic carboxylic acids is 1. The maximum absolute atomic E-state index is 12.8. The molecule has 0 radical (unpaired) electrons. The van der Waals surface area contributed by atoms with Crippen molar-refractivity contribution >= 4 is 27.6 Å². The standard InChI is InChI=1S/C11H9BrF3NO2/c1-6(10(17)18)16-9(11(13,14)15)7-2-4-8(12)5-3-7/h2-6H,1H3,(H,17,18)/t6-/m0/s1. The zero-order chi connectivity index (χ0) is 13.9. The van der Waals surface area contributed by atoms with Crippen molar-refractivity contribution in [2.45, 2.75) is 19.1 Å². The van der Waals surface area contributed by atoms with Gasteiger partial charge in [0.25, 0.3) is 0 Å². The third-order valence-electron chi connectivity index (χ3n) is 2.07. The monoisotopic (exact) mass is 323 g/mol. The number of carbonyl (C=O) groups is 1. The highest BCUT2D eigenvalue weighted by Crippen LogP contribution is 2.24. The molecule has 0 bridgehead atoms. The van der Waals surface area contributed by atoms with Crippen molar-refractivity contribution in [1.29, 1.82) is 0 Å². The Morgan fingerprint density at radius 1 is 1.33 bits per heavy atom. The molecule has 0 unspecified atom stereocenters. The molecule has 3 nitrogen and oxygen atoms in total. The minimum absolute atomic E-state index is 0.168. The quantitative estimate of drug-likeness (QED) is 0.868. The van der Waals surface area contributed by atoms with Crippen LogP contribution in [0.2, 0.25) is 0 Å². The van der Waals surface area contributed by atoms with Gasteiger partial charge in [0, 0.05) is 10.0 Å². The molecule has 1 N–H and O–H groups in total. The van der Waals surface area contributed by atoms with Crippen molar-refractivity contribution in [3.63, 3.8) is 0 Å². The van der Waals surface area contributed by atoms with Gasteiger partial charge in [-0.15, -0.1) is 0 Å². The molecule has 0 aromatic heterocycles. The van der Waals surface area contributed by atoms with E-state index in [1.165, 1.54) is 24.3 Å². The summed E-state index contributed by atoms with van der Waals surface area (Å²) >= 11 is 3.10. The van der Waals surface area contributed by atoms with Gasteiger partial charge in [0.15, 0.2) is 0 Å². The molecule has 0 aliphatic rings. The van der Waals surface area contributed by atoms with Crippen LogP contribution in [0.5, 0.6) is 0 Å². The number of alkyl halides is 3. The van der Waals surface area contributed by atoms with Crippen LogP contribution in [0.4, 0.5) is 13.2 Å². The lowest BCUT2D eigenvalue weighted by Crippen LogP contribution is -2.27. The van der Waals surface area contributed by atoms with Crippen LogP contribution in [0.3, 0.4) is 0 Å². The number of nitrogens with zero attached hydrogens (tertiary/aromatic N) is 1. The highest BCUT2D eigenvalue weighted by atomic mass is 79.9. The first-order valence-electron chi connectivity index (χ1n) is 4.85. The van der Waals surface area contributed by atoms with Crippen molar-refractivity contribution in [2.24, 2.45) is 4.99 Å². The Bertz CT molecular complexity index is 468. The Kier molecular flexibility index (Phi) is 4.50. The first-order chi connectivity index (χ1) is 8.21. The Balaban J connectivity index is 3.22. The lowest BCUT2D eigenvalue weighted by molar-refractivity contribution is -0.138. The molecule has 1 atom stereocenters. The number of hydrogen-bond acceptors (Lipinski definition) is 2. The van der Waals surface area contributed by atoms with Crippen LogP contribution in [-0.4, -0.2) is 29.0 Å². The van der Waals surface area contributed by atoms with E-state index in [4.69, 9.17) is 5.11 Å². The molecule has 0 aliphatic carbocycles. The second-order valence-electron chi connectivity index (χ2n) is 3.50. The van der Waals surface area contributed by atoms with Crippen LogP contribution in [0, 0.1) is 0 Å². The van der Waals surface area contributed by atoms with Gasteiger partial charge in [-0.05, 0) is 19.1 Å². The van der Waals surface area contributed by atoms with Crippen molar-refractivity contribution < 1.29 is 23.1 Å². The lowest BCUT2D eigenvalue weighted by Gasteiger charge is -2.12. The maximum Gasteiger partial charge on any atom is 0.433 e. The molecule has 18 heavy (non-hydrogen) atoms. The summed E-state index contributed by atoms with van der Waals surface area (Å²) in [5.74, 6) is -1.41. The highest BCUT2D eigenvalue weighted by molar-refractivity contribution is 9.10. The van der Waals surface area contributed by atoms with Gasteiger partial charge >= 0.3 is 12.1 Å². The smallest absolute Gasteiger partial charge is 0.433 e. The van der Waals surface area contributed by atoms with E-state index >= 15 is 0 Å². The number of halogens is 4. The highest BCUT2D eigenvalue weighted by Gasteiger charge is 2.37. The van der Waals surface area contributed by atoms with Crippen LogP contribution in [-0.2, 0) is 4.79 Å². The largest absolute Gasteiger partial charge is 0.480 e. The SMILES string of the molecule is C[C@H](N=C(c1ccc(Br)cc1)C(F)(F)F)C(=O)O. The lowest BCUT2D eigenvalue weighted by atomic mass is 10.1. The second kappa shape index (κ2) is 5.51. The summed E-state index contributed by atoms with van der Waals surface area (Å²) in [7, 11) is 0. The molecule has 0 saturated carbocycles. The predicted molar refractivity (Wildman–Crippen MR) is 63.8 cm³/mol. The van der Waals surface area contributed by atoms with E-state index in [0.29, 0.717) is 4.47 Å². The fraction of sp³-hybridized carbons (Fsp3) is 0.273. The van der Waals surface area contributed by atoms with Gasteiger partial charge in [-0.25, -0.2) is 4.79 Å². The van der Waals surface area contributed by atoms with Crippen LogP contribution in [0.1, 0.15) is 12.5 Å². The number of aliphatic imine (C=N–C) groups is 1. The second-order valence-corrected chi connectivity index (χ2v) is 4.41. The van der Waals surface area contributed by atoms with Crippen molar-refractivity contribution in [3.05, 3.63) is 34.3 Å². The van der Waals surface area contributed by atoms with E-state index in [0.717, 1.165) is 6.92 Å². The van der Waals surface area contributed by atoms with E-state index in [2.05, 4.69) is 20.9 Å². The van der Waals surface area contributed by atoms with Crippen LogP contribution < -0.4 is 0 Å². The fourth-order valence-electron chi connectivity index (χ4n) is 1.17. The Morgan fingerprint density at radius 2 is 1.83 bits per heavy atom. The summed E-state index contributed by atoms with van der Waals surface area (Å²) in [6.45, 7) is 1.09. The summed E-state index contributed by atoms with van der Waals surface area (Å²) < 4.78 is 39.0. The Morgan fingerprint density at radius 3 is 2.22 bits per heavy atom. The third-order valence-corrected chi connectivity index (χ3v) is 2.59.